The Hall–Kier alpha value is -2.70. The zero-order valence-electron chi connectivity index (χ0n) is 20.4. The maximum Gasteiger partial charge on any atom is 0.257 e. The van der Waals surface area contributed by atoms with E-state index < -0.39 is 0 Å². The van der Waals surface area contributed by atoms with Gasteiger partial charge in [-0.05, 0) is 50.6 Å². The standard InChI is InChI=1S/C27H36N4O2/c1-5-29-13-15-30(16-14-29)19-27(32)31-26(22-8-10-23(11-9-22)33-6-2)18-25(28-31)24-12-7-20(3)17-21(24)4/h7-12,17,26H,5-6,13-16,18-19H2,1-4H3/t26-/m0/s1. The van der Waals surface area contributed by atoms with Crippen molar-refractivity contribution in [3.63, 3.8) is 0 Å². The van der Waals surface area contributed by atoms with E-state index in [1.807, 2.05) is 19.1 Å². The van der Waals surface area contributed by atoms with Crippen LogP contribution in [0.3, 0.4) is 0 Å². The summed E-state index contributed by atoms with van der Waals surface area (Å²) in [5.74, 6) is 0.917. The van der Waals surface area contributed by atoms with Gasteiger partial charge in [-0.1, -0.05) is 42.8 Å². The molecule has 1 saturated heterocycles. The smallest absolute Gasteiger partial charge is 0.257 e. The summed E-state index contributed by atoms with van der Waals surface area (Å²) in [6.45, 7) is 14.4. The zero-order valence-corrected chi connectivity index (χ0v) is 20.4. The lowest BCUT2D eigenvalue weighted by Gasteiger charge is -2.34. The second-order valence-corrected chi connectivity index (χ2v) is 9.04. The van der Waals surface area contributed by atoms with Crippen LogP contribution < -0.4 is 4.74 Å². The van der Waals surface area contributed by atoms with Gasteiger partial charge in [0.05, 0.1) is 24.9 Å². The van der Waals surface area contributed by atoms with Crippen LogP contribution in [-0.4, -0.2) is 72.3 Å². The van der Waals surface area contributed by atoms with Crippen LogP contribution in [0.5, 0.6) is 5.75 Å². The molecule has 2 aromatic rings. The van der Waals surface area contributed by atoms with Crippen molar-refractivity contribution in [2.45, 2.75) is 40.2 Å². The Bertz CT molecular complexity index is 994. The van der Waals surface area contributed by atoms with Gasteiger partial charge in [0.1, 0.15) is 5.75 Å². The predicted molar refractivity (Wildman–Crippen MR) is 133 cm³/mol. The molecule has 1 amide bonds. The molecule has 0 N–H and O–H groups in total. The first-order chi connectivity index (χ1) is 16.0. The highest BCUT2D eigenvalue weighted by molar-refractivity contribution is 6.04. The highest BCUT2D eigenvalue weighted by Crippen LogP contribution is 2.34. The summed E-state index contributed by atoms with van der Waals surface area (Å²) in [6.07, 6.45) is 0.716. The van der Waals surface area contributed by atoms with Crippen molar-refractivity contribution < 1.29 is 9.53 Å². The quantitative estimate of drug-likeness (QED) is 0.642. The van der Waals surface area contributed by atoms with Gasteiger partial charge in [-0.15, -0.1) is 0 Å². The fourth-order valence-electron chi connectivity index (χ4n) is 4.78. The summed E-state index contributed by atoms with van der Waals surface area (Å²) in [7, 11) is 0. The molecule has 0 radical (unpaired) electrons. The largest absolute Gasteiger partial charge is 0.494 e. The number of ether oxygens (including phenoxy) is 1. The maximum absolute atomic E-state index is 13.5. The number of aryl methyl sites for hydroxylation is 2. The first-order valence-electron chi connectivity index (χ1n) is 12.1. The second-order valence-electron chi connectivity index (χ2n) is 9.04. The van der Waals surface area contributed by atoms with Crippen LogP contribution in [0.15, 0.2) is 47.6 Å². The van der Waals surface area contributed by atoms with Crippen LogP contribution >= 0.6 is 0 Å². The van der Waals surface area contributed by atoms with Crippen LogP contribution in [0.1, 0.15) is 48.6 Å². The minimum atomic E-state index is -0.0965. The van der Waals surface area contributed by atoms with Gasteiger partial charge in [-0.25, -0.2) is 5.01 Å². The molecule has 2 aliphatic heterocycles. The third-order valence-corrected chi connectivity index (χ3v) is 6.71. The van der Waals surface area contributed by atoms with Crippen molar-refractivity contribution >= 4 is 11.6 Å². The third-order valence-electron chi connectivity index (χ3n) is 6.71. The number of amides is 1. The molecule has 1 atom stereocenters. The number of rotatable bonds is 7. The van der Waals surface area contributed by atoms with Crippen molar-refractivity contribution in [2.24, 2.45) is 5.10 Å². The van der Waals surface area contributed by atoms with Gasteiger partial charge in [0, 0.05) is 38.2 Å². The summed E-state index contributed by atoms with van der Waals surface area (Å²) in [5.41, 5.74) is 5.63. The number of hydrogen-bond acceptors (Lipinski definition) is 5. The monoisotopic (exact) mass is 448 g/mol. The molecule has 176 valence electrons. The Morgan fingerprint density at radius 2 is 1.70 bits per heavy atom. The predicted octanol–water partition coefficient (Wildman–Crippen LogP) is 4.02. The molecule has 33 heavy (non-hydrogen) atoms. The molecule has 0 saturated carbocycles. The highest BCUT2D eigenvalue weighted by Gasteiger charge is 2.34. The maximum atomic E-state index is 13.5. The SMILES string of the molecule is CCOc1ccc([C@@H]2CC(c3ccc(C)cc3C)=NN2C(=O)CN2CCN(CC)CC2)cc1. The van der Waals surface area contributed by atoms with Crippen LogP contribution in [0.2, 0.25) is 0 Å². The lowest BCUT2D eigenvalue weighted by molar-refractivity contribution is -0.134. The average Bonchev–Trinajstić information content (AvgIpc) is 3.25. The van der Waals surface area contributed by atoms with Gasteiger partial charge in [-0.3, -0.25) is 9.69 Å². The van der Waals surface area contributed by atoms with Gasteiger partial charge >= 0.3 is 0 Å². The number of carbonyl (C=O) groups is 1. The van der Waals surface area contributed by atoms with Crippen molar-refractivity contribution in [1.29, 1.82) is 0 Å². The summed E-state index contributed by atoms with van der Waals surface area (Å²) in [5, 5.41) is 6.63. The lowest BCUT2D eigenvalue weighted by atomic mass is 9.95. The molecule has 2 heterocycles. The number of hydrogen-bond donors (Lipinski definition) is 0. The van der Waals surface area contributed by atoms with E-state index in [9.17, 15) is 4.79 Å². The van der Waals surface area contributed by atoms with Crippen molar-refractivity contribution in [3.05, 3.63) is 64.7 Å². The Morgan fingerprint density at radius 1 is 1.00 bits per heavy atom. The number of carbonyl (C=O) groups excluding carboxylic acids is 1. The van der Waals surface area contributed by atoms with Crippen molar-refractivity contribution in [2.75, 3.05) is 45.9 Å². The van der Waals surface area contributed by atoms with E-state index in [2.05, 4.69) is 60.9 Å². The van der Waals surface area contributed by atoms with E-state index in [-0.39, 0.29) is 11.9 Å². The molecule has 6 nitrogen and oxygen atoms in total. The minimum absolute atomic E-state index is 0.0681. The molecule has 2 aromatic carbocycles. The van der Waals surface area contributed by atoms with Crippen molar-refractivity contribution in [3.8, 4) is 5.75 Å². The summed E-state index contributed by atoms with van der Waals surface area (Å²) >= 11 is 0. The van der Waals surface area contributed by atoms with Crippen LogP contribution in [0.4, 0.5) is 0 Å². The lowest BCUT2D eigenvalue weighted by Crippen LogP contribution is -2.49. The third kappa shape index (κ3) is 5.45. The molecular formula is C27H36N4O2. The first-order valence-corrected chi connectivity index (χ1v) is 12.1. The van der Waals surface area contributed by atoms with E-state index in [4.69, 9.17) is 9.84 Å². The first kappa shape index (κ1) is 23.5. The molecule has 2 aliphatic rings. The zero-order chi connectivity index (χ0) is 23.4. The molecular weight excluding hydrogens is 412 g/mol. The number of hydrazone groups is 1. The minimum Gasteiger partial charge on any atom is -0.494 e. The summed E-state index contributed by atoms with van der Waals surface area (Å²) < 4.78 is 5.61. The Morgan fingerprint density at radius 3 is 2.33 bits per heavy atom. The second kappa shape index (κ2) is 10.5. The number of benzene rings is 2. The van der Waals surface area contributed by atoms with E-state index in [0.29, 0.717) is 19.6 Å². The molecule has 0 unspecified atom stereocenters. The number of piperazine rings is 1. The molecule has 0 bridgehead atoms. The number of likely N-dealkylation sites (N-methyl/N-ethyl adjacent to an activating group) is 1. The molecule has 1 fully saturated rings. The van der Waals surface area contributed by atoms with Crippen LogP contribution in [0.25, 0.3) is 0 Å². The topological polar surface area (TPSA) is 48.4 Å². The van der Waals surface area contributed by atoms with Crippen LogP contribution in [-0.2, 0) is 4.79 Å². The Balaban J connectivity index is 1.57. The van der Waals surface area contributed by atoms with E-state index in [1.54, 1.807) is 5.01 Å². The van der Waals surface area contributed by atoms with E-state index >= 15 is 0 Å². The van der Waals surface area contributed by atoms with Gasteiger partial charge in [0.25, 0.3) is 5.91 Å². The fourth-order valence-corrected chi connectivity index (χ4v) is 4.78. The van der Waals surface area contributed by atoms with Crippen LogP contribution in [0, 0.1) is 13.8 Å². The average molecular weight is 449 g/mol. The highest BCUT2D eigenvalue weighted by atomic mass is 16.5. The van der Waals surface area contributed by atoms with Gasteiger partial charge in [0.2, 0.25) is 0 Å². The molecule has 0 spiro atoms. The fraction of sp³-hybridized carbons (Fsp3) is 0.481. The molecule has 0 aromatic heterocycles. The molecule has 6 heteroatoms. The Kier molecular flexibility index (Phi) is 7.46. The Labute approximate surface area is 197 Å². The van der Waals surface area contributed by atoms with Gasteiger partial charge in [-0.2, -0.15) is 5.10 Å². The summed E-state index contributed by atoms with van der Waals surface area (Å²) in [6, 6.07) is 14.4. The number of nitrogens with zero attached hydrogens (tertiary/aromatic N) is 4. The van der Waals surface area contributed by atoms with Crippen molar-refractivity contribution in [1.82, 2.24) is 14.8 Å². The van der Waals surface area contributed by atoms with E-state index in [0.717, 1.165) is 55.3 Å². The van der Waals surface area contributed by atoms with Gasteiger partial charge in [0.15, 0.2) is 0 Å². The normalized spacial score (nSPS) is 19.6. The van der Waals surface area contributed by atoms with E-state index in [1.165, 1.54) is 11.1 Å². The van der Waals surface area contributed by atoms with Gasteiger partial charge < -0.3 is 9.64 Å². The molecule has 4 rings (SSSR count). The summed E-state index contributed by atoms with van der Waals surface area (Å²) in [4.78, 5) is 18.2. The molecule has 0 aliphatic carbocycles.